The lowest BCUT2D eigenvalue weighted by molar-refractivity contribution is 0.265. The van der Waals surface area contributed by atoms with Crippen LogP contribution in [0.3, 0.4) is 0 Å². The van der Waals surface area contributed by atoms with Gasteiger partial charge in [0.05, 0.1) is 6.54 Å². The van der Waals surface area contributed by atoms with Gasteiger partial charge in [-0.1, -0.05) is 28.9 Å². The van der Waals surface area contributed by atoms with E-state index >= 15 is 0 Å². The normalized spacial score (nSPS) is 20.0. The molecule has 0 aliphatic carbocycles. The van der Waals surface area contributed by atoms with E-state index in [1.807, 2.05) is 12.1 Å². The maximum atomic E-state index is 5.88. The molecule has 1 aromatic carbocycles. The Morgan fingerprint density at radius 2 is 2.37 bits per heavy atom. The van der Waals surface area contributed by atoms with Crippen LogP contribution in [0.5, 0.6) is 0 Å². The van der Waals surface area contributed by atoms with Gasteiger partial charge in [-0.25, -0.2) is 0 Å². The van der Waals surface area contributed by atoms with Gasteiger partial charge in [0, 0.05) is 24.7 Å². The molecule has 1 unspecified atom stereocenters. The number of nitrogens with two attached hydrogens (primary N) is 1. The topological polar surface area (TPSA) is 68.2 Å². The number of aromatic nitrogens is 2. The molecular weight excluding hydrogens is 240 g/mol. The molecule has 19 heavy (non-hydrogen) atoms. The van der Waals surface area contributed by atoms with E-state index < -0.39 is 0 Å². The zero-order valence-corrected chi connectivity index (χ0v) is 11.0. The number of likely N-dealkylation sites (tertiary alicyclic amines) is 1. The van der Waals surface area contributed by atoms with E-state index in [1.54, 1.807) is 0 Å². The van der Waals surface area contributed by atoms with Gasteiger partial charge in [-0.05, 0) is 19.4 Å². The van der Waals surface area contributed by atoms with Crippen molar-refractivity contribution in [1.82, 2.24) is 15.0 Å². The lowest BCUT2D eigenvalue weighted by Crippen LogP contribution is -2.26. The molecule has 1 saturated heterocycles. The highest BCUT2D eigenvalue weighted by Gasteiger charge is 2.21. The van der Waals surface area contributed by atoms with E-state index in [0.29, 0.717) is 18.3 Å². The predicted octanol–water partition coefficient (Wildman–Crippen LogP) is 1.58. The molecule has 1 fully saturated rings. The van der Waals surface area contributed by atoms with Crippen LogP contribution in [0, 0.1) is 6.92 Å². The van der Waals surface area contributed by atoms with Crippen molar-refractivity contribution in [3.63, 3.8) is 0 Å². The van der Waals surface area contributed by atoms with Crippen LogP contribution in [0.2, 0.25) is 0 Å². The molecule has 0 spiro atoms. The number of aryl methyl sites for hydroxylation is 1. The molecule has 5 heteroatoms. The molecule has 0 radical (unpaired) electrons. The van der Waals surface area contributed by atoms with Crippen LogP contribution in [0.4, 0.5) is 0 Å². The number of hydrogen-bond donors (Lipinski definition) is 1. The third-order valence-electron chi connectivity index (χ3n) is 3.41. The quantitative estimate of drug-likeness (QED) is 0.905. The van der Waals surface area contributed by atoms with Crippen LogP contribution in [0.1, 0.15) is 17.9 Å². The maximum Gasteiger partial charge on any atom is 0.241 e. The van der Waals surface area contributed by atoms with Crippen LogP contribution >= 0.6 is 0 Å². The standard InChI is InChI=1S/C14H18N4O/c1-10-3-2-4-11(7-10)14-16-13(19-17-14)9-18-6-5-12(15)8-18/h2-4,7,12H,5-6,8-9,15H2,1H3. The molecule has 2 aromatic rings. The lowest BCUT2D eigenvalue weighted by Gasteiger charge is -2.10. The van der Waals surface area contributed by atoms with Gasteiger partial charge in [-0.2, -0.15) is 4.98 Å². The Bertz CT molecular complexity index is 566. The molecule has 1 aliphatic rings. The highest BCUT2D eigenvalue weighted by Crippen LogP contribution is 2.18. The molecule has 2 heterocycles. The molecule has 0 amide bonds. The SMILES string of the molecule is Cc1cccc(-c2noc(CN3CCC(N)C3)n2)c1. The highest BCUT2D eigenvalue weighted by atomic mass is 16.5. The Morgan fingerprint density at radius 3 is 3.11 bits per heavy atom. The molecule has 5 nitrogen and oxygen atoms in total. The molecular formula is C14H18N4O. The summed E-state index contributed by atoms with van der Waals surface area (Å²) in [5.41, 5.74) is 8.07. The van der Waals surface area contributed by atoms with Gasteiger partial charge in [-0.15, -0.1) is 0 Å². The predicted molar refractivity (Wildman–Crippen MR) is 72.3 cm³/mol. The molecule has 0 saturated carbocycles. The number of hydrogen-bond acceptors (Lipinski definition) is 5. The number of benzene rings is 1. The fourth-order valence-corrected chi connectivity index (χ4v) is 2.42. The fraction of sp³-hybridized carbons (Fsp3) is 0.429. The molecule has 2 N–H and O–H groups in total. The Kier molecular flexibility index (Phi) is 3.31. The van der Waals surface area contributed by atoms with E-state index in [1.165, 1.54) is 5.56 Å². The number of rotatable bonds is 3. The van der Waals surface area contributed by atoms with Crippen molar-refractivity contribution in [3.05, 3.63) is 35.7 Å². The molecule has 100 valence electrons. The zero-order valence-electron chi connectivity index (χ0n) is 11.0. The smallest absolute Gasteiger partial charge is 0.241 e. The van der Waals surface area contributed by atoms with E-state index in [-0.39, 0.29) is 6.04 Å². The first-order valence-electron chi connectivity index (χ1n) is 6.58. The fourth-order valence-electron chi connectivity index (χ4n) is 2.42. The van der Waals surface area contributed by atoms with Crippen LogP contribution in [0.15, 0.2) is 28.8 Å². The highest BCUT2D eigenvalue weighted by molar-refractivity contribution is 5.55. The molecule has 1 aliphatic heterocycles. The van der Waals surface area contributed by atoms with Gasteiger partial charge >= 0.3 is 0 Å². The van der Waals surface area contributed by atoms with Gasteiger partial charge in [0.25, 0.3) is 0 Å². The minimum absolute atomic E-state index is 0.277. The van der Waals surface area contributed by atoms with Gasteiger partial charge in [0.15, 0.2) is 0 Å². The van der Waals surface area contributed by atoms with Crippen LogP contribution < -0.4 is 5.73 Å². The summed E-state index contributed by atoms with van der Waals surface area (Å²) in [6.45, 7) is 4.65. The van der Waals surface area contributed by atoms with Crippen molar-refractivity contribution < 1.29 is 4.52 Å². The summed E-state index contributed by atoms with van der Waals surface area (Å²) in [7, 11) is 0. The first kappa shape index (κ1) is 12.3. The van der Waals surface area contributed by atoms with Crippen molar-refractivity contribution in [2.24, 2.45) is 5.73 Å². The Morgan fingerprint density at radius 1 is 1.47 bits per heavy atom. The average molecular weight is 258 g/mol. The van der Waals surface area contributed by atoms with Gasteiger partial charge < -0.3 is 10.3 Å². The van der Waals surface area contributed by atoms with Gasteiger partial charge in [0.2, 0.25) is 11.7 Å². The second-order valence-corrected chi connectivity index (χ2v) is 5.17. The molecule has 1 aromatic heterocycles. The summed E-state index contributed by atoms with van der Waals surface area (Å²) in [5.74, 6) is 1.31. The van der Waals surface area contributed by atoms with Crippen LogP contribution in [0.25, 0.3) is 11.4 Å². The van der Waals surface area contributed by atoms with Crippen molar-refractivity contribution in [3.8, 4) is 11.4 Å². The average Bonchev–Trinajstić information content (AvgIpc) is 2.99. The Labute approximate surface area is 112 Å². The first-order valence-corrected chi connectivity index (χ1v) is 6.58. The lowest BCUT2D eigenvalue weighted by atomic mass is 10.1. The summed E-state index contributed by atoms with van der Waals surface area (Å²) in [6.07, 6.45) is 1.04. The van der Waals surface area contributed by atoms with Crippen molar-refractivity contribution in [2.75, 3.05) is 13.1 Å². The largest absolute Gasteiger partial charge is 0.338 e. The van der Waals surface area contributed by atoms with Gasteiger partial charge in [0.1, 0.15) is 0 Å². The Hall–Kier alpha value is -1.72. The summed E-state index contributed by atoms with van der Waals surface area (Å²) >= 11 is 0. The van der Waals surface area contributed by atoms with E-state index in [2.05, 4.69) is 34.1 Å². The number of nitrogens with zero attached hydrogens (tertiary/aromatic N) is 3. The molecule has 0 bridgehead atoms. The molecule has 1 atom stereocenters. The van der Waals surface area contributed by atoms with Gasteiger partial charge in [-0.3, -0.25) is 4.90 Å². The third kappa shape index (κ3) is 2.83. The minimum atomic E-state index is 0.277. The van der Waals surface area contributed by atoms with E-state index in [0.717, 1.165) is 25.1 Å². The monoisotopic (exact) mass is 258 g/mol. The minimum Gasteiger partial charge on any atom is -0.338 e. The summed E-state index contributed by atoms with van der Waals surface area (Å²) < 4.78 is 5.31. The zero-order chi connectivity index (χ0) is 13.2. The maximum absolute atomic E-state index is 5.88. The summed E-state index contributed by atoms with van der Waals surface area (Å²) in [6, 6.07) is 8.38. The Balaban J connectivity index is 1.73. The second-order valence-electron chi connectivity index (χ2n) is 5.17. The second kappa shape index (κ2) is 5.11. The van der Waals surface area contributed by atoms with Crippen molar-refractivity contribution >= 4 is 0 Å². The van der Waals surface area contributed by atoms with Crippen LogP contribution in [-0.4, -0.2) is 34.2 Å². The van der Waals surface area contributed by atoms with E-state index in [4.69, 9.17) is 10.3 Å². The van der Waals surface area contributed by atoms with Crippen LogP contribution in [-0.2, 0) is 6.54 Å². The van der Waals surface area contributed by atoms with Crippen molar-refractivity contribution in [1.29, 1.82) is 0 Å². The molecule has 3 rings (SSSR count). The van der Waals surface area contributed by atoms with Crippen molar-refractivity contribution in [2.45, 2.75) is 25.9 Å². The third-order valence-corrected chi connectivity index (χ3v) is 3.41. The summed E-state index contributed by atoms with van der Waals surface area (Å²) in [5, 5.41) is 4.04. The summed E-state index contributed by atoms with van der Waals surface area (Å²) in [4.78, 5) is 6.70. The first-order chi connectivity index (χ1) is 9.20. The van der Waals surface area contributed by atoms with E-state index in [9.17, 15) is 0 Å².